The van der Waals surface area contributed by atoms with Crippen molar-refractivity contribution < 1.29 is 14.3 Å². The van der Waals surface area contributed by atoms with Crippen molar-refractivity contribution in [2.45, 2.75) is 12.8 Å². The summed E-state index contributed by atoms with van der Waals surface area (Å²) in [7, 11) is 1.52. The average Bonchev–Trinajstić information content (AvgIpc) is 3.07. The Morgan fingerprint density at radius 3 is 2.88 bits per heavy atom. The lowest BCUT2D eigenvalue weighted by molar-refractivity contribution is -0.116. The molecule has 3 rings (SSSR count). The van der Waals surface area contributed by atoms with Gasteiger partial charge in [-0.2, -0.15) is 5.26 Å². The van der Waals surface area contributed by atoms with Crippen molar-refractivity contribution in [3.63, 3.8) is 0 Å². The molecule has 0 aliphatic carbocycles. The van der Waals surface area contributed by atoms with E-state index in [1.54, 1.807) is 18.2 Å². The number of nitrogens with zero attached hydrogens (tertiary/aromatic N) is 2. The topological polar surface area (TPSA) is 100 Å². The number of nitriles is 1. The number of methoxy groups -OCH3 is 1. The lowest BCUT2D eigenvalue weighted by Crippen LogP contribution is -2.13. The number of imidazole rings is 1. The van der Waals surface area contributed by atoms with Crippen molar-refractivity contribution in [2.24, 2.45) is 0 Å². The number of H-pyrrole nitrogens is 1. The molecule has 0 radical (unpaired) electrons. The highest BCUT2D eigenvalue weighted by Crippen LogP contribution is 2.28. The molecule has 2 aromatic carbocycles. The van der Waals surface area contributed by atoms with Gasteiger partial charge in [-0.3, -0.25) is 10.1 Å². The van der Waals surface area contributed by atoms with Gasteiger partial charge in [0.1, 0.15) is 0 Å². The van der Waals surface area contributed by atoms with Crippen molar-refractivity contribution in [2.75, 3.05) is 19.0 Å². The van der Waals surface area contributed by atoms with Crippen LogP contribution in [0.1, 0.15) is 18.4 Å². The number of hydrogen-bond acceptors (Lipinski definition) is 5. The fourth-order valence-electron chi connectivity index (χ4n) is 2.48. The van der Waals surface area contributed by atoms with Gasteiger partial charge in [0.2, 0.25) is 11.9 Å². The second kappa shape index (κ2) is 8.03. The first-order chi connectivity index (χ1) is 12.7. The molecule has 0 bridgehead atoms. The lowest BCUT2D eigenvalue weighted by atomic mass is 10.2. The molecule has 3 aromatic rings. The third kappa shape index (κ3) is 4.11. The largest absolute Gasteiger partial charge is 0.493 e. The summed E-state index contributed by atoms with van der Waals surface area (Å²) in [5, 5.41) is 11.6. The summed E-state index contributed by atoms with van der Waals surface area (Å²) in [5.74, 6) is 1.34. The number of nitrogens with one attached hydrogen (secondary N) is 2. The Balaban J connectivity index is 1.47. The van der Waals surface area contributed by atoms with Crippen molar-refractivity contribution in [3.05, 3.63) is 48.0 Å². The molecule has 0 aliphatic rings. The quantitative estimate of drug-likeness (QED) is 0.637. The molecule has 0 saturated carbocycles. The van der Waals surface area contributed by atoms with E-state index in [2.05, 4.69) is 15.3 Å². The summed E-state index contributed by atoms with van der Waals surface area (Å²) >= 11 is 0. The van der Waals surface area contributed by atoms with E-state index < -0.39 is 0 Å². The van der Waals surface area contributed by atoms with Gasteiger partial charge in [0, 0.05) is 12.5 Å². The van der Waals surface area contributed by atoms with Gasteiger partial charge >= 0.3 is 0 Å². The highest BCUT2D eigenvalue weighted by molar-refractivity contribution is 5.91. The summed E-state index contributed by atoms with van der Waals surface area (Å²) in [4.78, 5) is 19.4. The molecule has 7 heteroatoms. The molecular weight excluding hydrogens is 332 g/mol. The Labute approximate surface area is 150 Å². The number of rotatable bonds is 7. The van der Waals surface area contributed by atoms with Gasteiger partial charge < -0.3 is 14.5 Å². The summed E-state index contributed by atoms with van der Waals surface area (Å²) in [6.07, 6.45) is 0.838. The van der Waals surface area contributed by atoms with E-state index in [4.69, 9.17) is 14.7 Å². The van der Waals surface area contributed by atoms with Gasteiger partial charge in [-0.25, -0.2) is 4.98 Å². The molecule has 0 fully saturated rings. The van der Waals surface area contributed by atoms with Crippen LogP contribution in [0.5, 0.6) is 11.5 Å². The molecule has 26 heavy (non-hydrogen) atoms. The predicted molar refractivity (Wildman–Crippen MR) is 97.2 cm³/mol. The third-order valence-corrected chi connectivity index (χ3v) is 3.75. The zero-order chi connectivity index (χ0) is 18.4. The number of carbonyl (C=O) groups excluding carboxylic acids is 1. The molecule has 0 atom stereocenters. The van der Waals surface area contributed by atoms with E-state index in [1.807, 2.05) is 30.3 Å². The number of aromatic amines is 1. The summed E-state index contributed by atoms with van der Waals surface area (Å²) in [6.45, 7) is 0.357. The summed E-state index contributed by atoms with van der Waals surface area (Å²) in [6, 6.07) is 14.6. The summed E-state index contributed by atoms with van der Waals surface area (Å²) in [5.41, 5.74) is 2.18. The molecule has 1 amide bonds. The number of ether oxygens (including phenoxy) is 2. The Hall–Kier alpha value is -3.53. The van der Waals surface area contributed by atoms with Crippen LogP contribution in [0.4, 0.5) is 5.95 Å². The minimum absolute atomic E-state index is 0.139. The van der Waals surface area contributed by atoms with Crippen LogP contribution in [-0.4, -0.2) is 29.6 Å². The fourth-order valence-corrected chi connectivity index (χ4v) is 2.48. The SMILES string of the molecule is COc1cc(C#N)ccc1OCCCC(=O)Nc1nc2ccccc2[nH]1. The maximum absolute atomic E-state index is 12.0. The van der Waals surface area contributed by atoms with E-state index in [1.165, 1.54) is 7.11 Å². The van der Waals surface area contributed by atoms with Crippen LogP contribution in [0.15, 0.2) is 42.5 Å². The van der Waals surface area contributed by atoms with E-state index in [0.29, 0.717) is 42.5 Å². The van der Waals surface area contributed by atoms with Crippen LogP contribution in [0, 0.1) is 11.3 Å². The average molecular weight is 350 g/mol. The Kier molecular flexibility index (Phi) is 5.34. The molecule has 0 spiro atoms. The summed E-state index contributed by atoms with van der Waals surface area (Å²) < 4.78 is 10.8. The van der Waals surface area contributed by atoms with E-state index in [9.17, 15) is 4.79 Å². The monoisotopic (exact) mass is 350 g/mol. The van der Waals surface area contributed by atoms with E-state index >= 15 is 0 Å². The van der Waals surface area contributed by atoms with Crippen LogP contribution in [0.25, 0.3) is 11.0 Å². The molecule has 132 valence electrons. The van der Waals surface area contributed by atoms with Crippen molar-refractivity contribution in [1.82, 2.24) is 9.97 Å². The molecule has 7 nitrogen and oxygen atoms in total. The first-order valence-corrected chi connectivity index (χ1v) is 8.15. The van der Waals surface area contributed by atoms with Gasteiger partial charge in [0.05, 0.1) is 36.4 Å². The maximum Gasteiger partial charge on any atom is 0.226 e. The first-order valence-electron chi connectivity index (χ1n) is 8.15. The number of anilines is 1. The van der Waals surface area contributed by atoms with Crippen molar-refractivity contribution in [1.29, 1.82) is 5.26 Å². The zero-order valence-electron chi connectivity index (χ0n) is 14.3. The van der Waals surface area contributed by atoms with Crippen molar-refractivity contribution in [3.8, 4) is 17.6 Å². The number of hydrogen-bond donors (Lipinski definition) is 2. The van der Waals surface area contributed by atoms with Gasteiger partial charge in [-0.05, 0) is 30.7 Å². The highest BCUT2D eigenvalue weighted by Gasteiger charge is 2.08. The number of benzene rings is 2. The van der Waals surface area contributed by atoms with Crippen LogP contribution in [0.3, 0.4) is 0 Å². The maximum atomic E-state index is 12.0. The molecule has 1 aromatic heterocycles. The normalized spacial score (nSPS) is 10.3. The van der Waals surface area contributed by atoms with Crippen LogP contribution in [-0.2, 0) is 4.79 Å². The number of aromatic nitrogens is 2. The van der Waals surface area contributed by atoms with Gasteiger partial charge in [0.25, 0.3) is 0 Å². The number of para-hydroxylation sites is 2. The zero-order valence-corrected chi connectivity index (χ0v) is 14.3. The second-order valence-corrected chi connectivity index (χ2v) is 5.58. The van der Waals surface area contributed by atoms with Gasteiger partial charge in [0.15, 0.2) is 11.5 Å². The standard InChI is InChI=1S/C19H18N4O3/c1-25-17-11-13(12-20)8-9-16(17)26-10-4-7-18(24)23-19-21-14-5-2-3-6-15(14)22-19/h2-3,5-6,8-9,11H,4,7,10H2,1H3,(H2,21,22,23,24). The molecule has 0 saturated heterocycles. The van der Waals surface area contributed by atoms with Crippen molar-refractivity contribution >= 4 is 22.9 Å². The minimum Gasteiger partial charge on any atom is -0.493 e. The van der Waals surface area contributed by atoms with Crippen LogP contribution < -0.4 is 14.8 Å². The molecule has 0 unspecified atom stereocenters. The third-order valence-electron chi connectivity index (χ3n) is 3.75. The first kappa shape index (κ1) is 17.3. The number of amides is 1. The Morgan fingerprint density at radius 2 is 2.12 bits per heavy atom. The number of carbonyl (C=O) groups is 1. The predicted octanol–water partition coefficient (Wildman–Crippen LogP) is 3.24. The lowest BCUT2D eigenvalue weighted by Gasteiger charge is -2.10. The smallest absolute Gasteiger partial charge is 0.226 e. The van der Waals surface area contributed by atoms with Crippen LogP contribution >= 0.6 is 0 Å². The Morgan fingerprint density at radius 1 is 1.27 bits per heavy atom. The second-order valence-electron chi connectivity index (χ2n) is 5.58. The Bertz CT molecular complexity index is 926. The number of fused-ring (bicyclic) bond motifs is 1. The minimum atomic E-state index is -0.139. The fraction of sp³-hybridized carbons (Fsp3) is 0.211. The molecular formula is C19H18N4O3. The van der Waals surface area contributed by atoms with Gasteiger partial charge in [-0.1, -0.05) is 12.1 Å². The highest BCUT2D eigenvalue weighted by atomic mass is 16.5. The van der Waals surface area contributed by atoms with E-state index in [0.717, 1.165) is 11.0 Å². The molecule has 0 aliphatic heterocycles. The molecule has 2 N–H and O–H groups in total. The van der Waals surface area contributed by atoms with Gasteiger partial charge in [-0.15, -0.1) is 0 Å². The van der Waals surface area contributed by atoms with Crippen LogP contribution in [0.2, 0.25) is 0 Å². The molecule has 1 heterocycles. The van der Waals surface area contributed by atoms with E-state index in [-0.39, 0.29) is 5.91 Å².